The molecule has 2 aromatic rings. The van der Waals surface area contributed by atoms with Gasteiger partial charge in [-0.15, -0.1) is 0 Å². The Morgan fingerprint density at radius 3 is 2.64 bits per heavy atom. The normalized spacial score (nSPS) is 13.9. The van der Waals surface area contributed by atoms with E-state index in [1.165, 1.54) is 17.0 Å². The Kier molecular flexibility index (Phi) is 6.20. The number of morpholine rings is 1. The Balaban J connectivity index is 1.62. The maximum absolute atomic E-state index is 14.4. The summed E-state index contributed by atoms with van der Waals surface area (Å²) in [6, 6.07) is 7.45. The summed E-state index contributed by atoms with van der Waals surface area (Å²) < 4.78 is 19.6. The van der Waals surface area contributed by atoms with E-state index in [1.807, 2.05) is 19.1 Å². The number of aromatic nitrogens is 1. The van der Waals surface area contributed by atoms with Crippen LogP contribution >= 0.6 is 0 Å². The van der Waals surface area contributed by atoms with Crippen LogP contribution in [0.4, 0.5) is 14.9 Å². The van der Waals surface area contributed by atoms with Crippen LogP contribution in [0.3, 0.4) is 0 Å². The summed E-state index contributed by atoms with van der Waals surface area (Å²) >= 11 is 0. The van der Waals surface area contributed by atoms with E-state index < -0.39 is 11.8 Å². The summed E-state index contributed by atoms with van der Waals surface area (Å²) in [5, 5.41) is 2.63. The zero-order valence-electron chi connectivity index (χ0n) is 15.9. The van der Waals surface area contributed by atoms with Crippen molar-refractivity contribution in [3.8, 4) is 0 Å². The second kappa shape index (κ2) is 8.79. The predicted molar refractivity (Wildman–Crippen MR) is 103 cm³/mol. The monoisotopic (exact) mass is 386 g/mol. The standard InChI is InChI=1S/C20H23FN4O3/c1-14-3-4-16(22-12-14)13-24(2)20(27)23-15-5-6-17(18(21)11-15)19(26)25-7-9-28-10-8-25/h3-6,11-12H,7-10,13H2,1-2H3,(H,23,27). The van der Waals surface area contributed by atoms with Crippen LogP contribution in [0, 0.1) is 12.7 Å². The molecule has 0 atom stereocenters. The number of aryl methyl sites for hydroxylation is 1. The number of anilines is 1. The largest absolute Gasteiger partial charge is 0.378 e. The Labute approximate surface area is 163 Å². The summed E-state index contributed by atoms with van der Waals surface area (Å²) in [5.41, 5.74) is 2.06. The first kappa shape index (κ1) is 19.8. The van der Waals surface area contributed by atoms with Crippen molar-refractivity contribution in [2.45, 2.75) is 13.5 Å². The fourth-order valence-corrected chi connectivity index (χ4v) is 2.83. The molecule has 1 aliphatic rings. The highest BCUT2D eigenvalue weighted by molar-refractivity contribution is 5.96. The molecule has 1 aromatic carbocycles. The highest BCUT2D eigenvalue weighted by Crippen LogP contribution is 2.18. The van der Waals surface area contributed by atoms with E-state index in [1.54, 1.807) is 18.1 Å². The maximum atomic E-state index is 14.4. The number of hydrogen-bond donors (Lipinski definition) is 1. The summed E-state index contributed by atoms with van der Waals surface area (Å²) in [6.07, 6.45) is 1.74. The lowest BCUT2D eigenvalue weighted by molar-refractivity contribution is 0.0300. The molecule has 0 unspecified atom stereocenters. The molecule has 3 amide bonds. The van der Waals surface area contributed by atoms with Crippen LogP contribution in [-0.2, 0) is 11.3 Å². The summed E-state index contributed by atoms with van der Waals surface area (Å²) in [5.74, 6) is -1.04. The number of rotatable bonds is 4. The summed E-state index contributed by atoms with van der Waals surface area (Å²) in [6.45, 7) is 4.04. The number of ether oxygens (including phenoxy) is 1. The highest BCUT2D eigenvalue weighted by Gasteiger charge is 2.22. The lowest BCUT2D eigenvalue weighted by Gasteiger charge is -2.27. The minimum Gasteiger partial charge on any atom is -0.378 e. The molecule has 1 N–H and O–H groups in total. The zero-order chi connectivity index (χ0) is 20.1. The zero-order valence-corrected chi connectivity index (χ0v) is 15.9. The second-order valence-electron chi connectivity index (χ2n) is 6.71. The van der Waals surface area contributed by atoms with Gasteiger partial charge >= 0.3 is 6.03 Å². The number of benzene rings is 1. The Morgan fingerprint density at radius 2 is 2.00 bits per heavy atom. The number of urea groups is 1. The molecule has 0 aliphatic carbocycles. The molecular formula is C20H23FN4O3. The van der Waals surface area contributed by atoms with Gasteiger partial charge in [0.15, 0.2) is 0 Å². The van der Waals surface area contributed by atoms with E-state index in [4.69, 9.17) is 4.74 Å². The van der Waals surface area contributed by atoms with E-state index in [0.717, 1.165) is 17.3 Å². The van der Waals surface area contributed by atoms with Crippen molar-refractivity contribution >= 4 is 17.6 Å². The van der Waals surface area contributed by atoms with Gasteiger partial charge in [0.05, 0.1) is 31.0 Å². The molecule has 1 fully saturated rings. The Hall–Kier alpha value is -3.00. The van der Waals surface area contributed by atoms with E-state index in [9.17, 15) is 14.0 Å². The predicted octanol–water partition coefficient (Wildman–Crippen LogP) is 2.67. The maximum Gasteiger partial charge on any atom is 0.321 e. The van der Waals surface area contributed by atoms with Gasteiger partial charge in [0, 0.05) is 32.0 Å². The molecule has 2 heterocycles. The Bertz CT molecular complexity index is 851. The third-order valence-electron chi connectivity index (χ3n) is 4.47. The van der Waals surface area contributed by atoms with Crippen LogP contribution in [0.25, 0.3) is 0 Å². The van der Waals surface area contributed by atoms with Crippen molar-refractivity contribution in [3.63, 3.8) is 0 Å². The van der Waals surface area contributed by atoms with Crippen molar-refractivity contribution in [2.24, 2.45) is 0 Å². The molecule has 0 bridgehead atoms. The van der Waals surface area contributed by atoms with Crippen LogP contribution in [-0.4, -0.2) is 60.1 Å². The van der Waals surface area contributed by atoms with Crippen LogP contribution < -0.4 is 5.32 Å². The van der Waals surface area contributed by atoms with Gasteiger partial charge in [-0.1, -0.05) is 6.07 Å². The molecule has 0 spiro atoms. The highest BCUT2D eigenvalue weighted by atomic mass is 19.1. The SMILES string of the molecule is Cc1ccc(CN(C)C(=O)Nc2ccc(C(=O)N3CCOCC3)c(F)c2)nc1. The van der Waals surface area contributed by atoms with Gasteiger partial charge in [0.1, 0.15) is 5.82 Å². The lowest BCUT2D eigenvalue weighted by atomic mass is 10.1. The van der Waals surface area contributed by atoms with Gasteiger partial charge < -0.3 is 19.9 Å². The molecule has 1 aromatic heterocycles. The van der Waals surface area contributed by atoms with Gasteiger partial charge in [0.25, 0.3) is 5.91 Å². The molecule has 3 rings (SSSR count). The summed E-state index contributed by atoms with van der Waals surface area (Å²) in [4.78, 5) is 32.0. The number of nitrogens with zero attached hydrogens (tertiary/aromatic N) is 3. The van der Waals surface area contributed by atoms with E-state index in [0.29, 0.717) is 32.8 Å². The van der Waals surface area contributed by atoms with Gasteiger partial charge in [-0.25, -0.2) is 9.18 Å². The van der Waals surface area contributed by atoms with E-state index >= 15 is 0 Å². The van der Waals surface area contributed by atoms with Crippen LogP contribution in [0.5, 0.6) is 0 Å². The van der Waals surface area contributed by atoms with Gasteiger partial charge in [-0.05, 0) is 36.8 Å². The minimum atomic E-state index is -0.669. The fraction of sp³-hybridized carbons (Fsp3) is 0.350. The number of hydrogen-bond acceptors (Lipinski definition) is 4. The molecule has 0 saturated carbocycles. The van der Waals surface area contributed by atoms with Gasteiger partial charge in [-0.2, -0.15) is 0 Å². The van der Waals surface area contributed by atoms with Crippen LogP contribution in [0.15, 0.2) is 36.5 Å². The number of halogens is 1. The molecule has 28 heavy (non-hydrogen) atoms. The molecule has 8 heteroatoms. The van der Waals surface area contributed by atoms with Crippen molar-refractivity contribution in [3.05, 3.63) is 59.2 Å². The van der Waals surface area contributed by atoms with Crippen molar-refractivity contribution in [1.29, 1.82) is 0 Å². The lowest BCUT2D eigenvalue weighted by Crippen LogP contribution is -2.41. The average molecular weight is 386 g/mol. The molecule has 1 aliphatic heterocycles. The first-order valence-corrected chi connectivity index (χ1v) is 9.04. The third-order valence-corrected chi connectivity index (χ3v) is 4.47. The van der Waals surface area contributed by atoms with E-state index in [-0.39, 0.29) is 17.2 Å². The quantitative estimate of drug-likeness (QED) is 0.877. The minimum absolute atomic E-state index is 0.0166. The first-order chi connectivity index (χ1) is 13.4. The van der Waals surface area contributed by atoms with Gasteiger partial charge in [0.2, 0.25) is 0 Å². The first-order valence-electron chi connectivity index (χ1n) is 9.04. The topological polar surface area (TPSA) is 74.8 Å². The average Bonchev–Trinajstić information content (AvgIpc) is 2.70. The summed E-state index contributed by atoms with van der Waals surface area (Å²) in [7, 11) is 1.63. The van der Waals surface area contributed by atoms with E-state index in [2.05, 4.69) is 10.3 Å². The van der Waals surface area contributed by atoms with Crippen molar-refractivity contribution in [1.82, 2.24) is 14.8 Å². The number of pyridine rings is 1. The van der Waals surface area contributed by atoms with Crippen LogP contribution in [0.2, 0.25) is 0 Å². The van der Waals surface area contributed by atoms with Crippen LogP contribution in [0.1, 0.15) is 21.6 Å². The number of amides is 3. The smallest absolute Gasteiger partial charge is 0.321 e. The molecule has 7 nitrogen and oxygen atoms in total. The van der Waals surface area contributed by atoms with Crippen molar-refractivity contribution in [2.75, 3.05) is 38.7 Å². The number of nitrogens with one attached hydrogen (secondary N) is 1. The fourth-order valence-electron chi connectivity index (χ4n) is 2.83. The Morgan fingerprint density at radius 1 is 1.25 bits per heavy atom. The van der Waals surface area contributed by atoms with Crippen molar-refractivity contribution < 1.29 is 18.7 Å². The molecule has 1 saturated heterocycles. The third kappa shape index (κ3) is 4.83. The molecule has 148 valence electrons. The molecule has 0 radical (unpaired) electrons. The second-order valence-corrected chi connectivity index (χ2v) is 6.71. The number of carbonyl (C=O) groups excluding carboxylic acids is 2. The molecular weight excluding hydrogens is 363 g/mol. The van der Waals surface area contributed by atoms with Gasteiger partial charge in [-0.3, -0.25) is 9.78 Å². The number of carbonyl (C=O) groups is 2.